The van der Waals surface area contributed by atoms with Crippen LogP contribution in [0.5, 0.6) is 0 Å². The van der Waals surface area contributed by atoms with Crippen molar-refractivity contribution in [3.63, 3.8) is 0 Å². The van der Waals surface area contributed by atoms with Gasteiger partial charge in [0.05, 0.1) is 34.3 Å². The molecule has 0 spiro atoms. The van der Waals surface area contributed by atoms with Gasteiger partial charge in [0, 0.05) is 16.4 Å². The van der Waals surface area contributed by atoms with E-state index in [4.69, 9.17) is 9.72 Å². The van der Waals surface area contributed by atoms with Crippen LogP contribution < -0.4 is 4.90 Å². The van der Waals surface area contributed by atoms with Crippen LogP contribution in [-0.2, 0) is 19.1 Å². The number of ketones is 1. The molecule has 1 aromatic heterocycles. The van der Waals surface area contributed by atoms with Crippen molar-refractivity contribution in [3.8, 4) is 11.3 Å². The Labute approximate surface area is 221 Å². The number of carbonyl (C=O) groups is 4. The molecule has 3 aliphatic rings. The van der Waals surface area contributed by atoms with E-state index >= 15 is 0 Å². The Morgan fingerprint density at radius 1 is 0.947 bits per heavy atom. The minimum absolute atomic E-state index is 0.0939. The smallest absolute Gasteiger partial charge is 0.339 e. The minimum Gasteiger partial charge on any atom is -0.454 e. The maximum absolute atomic E-state index is 13.4. The third kappa shape index (κ3) is 3.92. The second-order valence-electron chi connectivity index (χ2n) is 11.8. The quantitative estimate of drug-likeness (QED) is 0.346. The van der Waals surface area contributed by atoms with Crippen LogP contribution in [0.2, 0.25) is 0 Å². The van der Waals surface area contributed by atoms with E-state index in [9.17, 15) is 19.2 Å². The third-order valence-electron chi connectivity index (χ3n) is 8.43. The highest BCUT2D eigenvalue weighted by molar-refractivity contribution is 6.22. The largest absolute Gasteiger partial charge is 0.454 e. The van der Waals surface area contributed by atoms with Gasteiger partial charge in [0.25, 0.3) is 0 Å². The zero-order valence-corrected chi connectivity index (χ0v) is 21.8. The van der Waals surface area contributed by atoms with Gasteiger partial charge in [0.15, 0.2) is 12.4 Å². The number of para-hydroxylation sites is 1. The lowest BCUT2D eigenvalue weighted by Gasteiger charge is -2.19. The molecule has 3 aromatic rings. The summed E-state index contributed by atoms with van der Waals surface area (Å²) in [6.45, 7) is 5.03. The lowest BCUT2D eigenvalue weighted by molar-refractivity contribution is -0.129. The number of fused-ring (bicyclic) bond motifs is 6. The lowest BCUT2D eigenvalue weighted by Crippen LogP contribution is -2.32. The van der Waals surface area contributed by atoms with Crippen LogP contribution in [0.15, 0.2) is 54.6 Å². The third-order valence-corrected chi connectivity index (χ3v) is 8.43. The second-order valence-corrected chi connectivity index (χ2v) is 11.8. The van der Waals surface area contributed by atoms with Crippen molar-refractivity contribution in [2.75, 3.05) is 11.5 Å². The molecule has 7 heteroatoms. The Morgan fingerprint density at radius 3 is 2.32 bits per heavy atom. The van der Waals surface area contributed by atoms with E-state index in [-0.39, 0.29) is 36.0 Å². The van der Waals surface area contributed by atoms with Crippen molar-refractivity contribution in [2.24, 2.45) is 29.1 Å². The Bertz CT molecular complexity index is 1480. The van der Waals surface area contributed by atoms with Crippen molar-refractivity contribution in [2.45, 2.75) is 40.0 Å². The van der Waals surface area contributed by atoms with E-state index in [2.05, 4.69) is 0 Å². The fourth-order valence-electron chi connectivity index (χ4n) is 6.39. The molecule has 7 nitrogen and oxygen atoms in total. The van der Waals surface area contributed by atoms with Gasteiger partial charge in [0.2, 0.25) is 11.8 Å². The molecule has 2 saturated carbocycles. The zero-order valence-electron chi connectivity index (χ0n) is 21.8. The van der Waals surface area contributed by atoms with Gasteiger partial charge < -0.3 is 4.74 Å². The number of ether oxygens (including phenoxy) is 1. The fourth-order valence-corrected chi connectivity index (χ4v) is 6.39. The van der Waals surface area contributed by atoms with Crippen LogP contribution in [0.4, 0.5) is 5.69 Å². The molecule has 2 bridgehead atoms. The molecule has 1 aliphatic heterocycles. The van der Waals surface area contributed by atoms with Crippen molar-refractivity contribution < 1.29 is 23.9 Å². The molecule has 0 unspecified atom stereocenters. The number of anilines is 1. The number of esters is 1. The predicted octanol–water partition coefficient (Wildman–Crippen LogP) is 5.21. The van der Waals surface area contributed by atoms with Crippen molar-refractivity contribution >= 4 is 40.2 Å². The highest BCUT2D eigenvalue weighted by Crippen LogP contribution is 2.56. The molecule has 0 N–H and O–H groups in total. The molecule has 194 valence electrons. The van der Waals surface area contributed by atoms with Gasteiger partial charge in [-0.3, -0.25) is 19.3 Å². The first-order valence-corrected chi connectivity index (χ1v) is 13.2. The molecule has 4 atom stereocenters. The number of nitrogens with zero attached hydrogens (tertiary/aromatic N) is 2. The number of benzene rings is 2. The summed E-state index contributed by atoms with van der Waals surface area (Å²) in [6.07, 6.45) is 3.04. The molecule has 1 saturated heterocycles. The summed E-state index contributed by atoms with van der Waals surface area (Å²) in [6, 6.07) is 16.1. The molecule has 38 heavy (non-hydrogen) atoms. The van der Waals surface area contributed by atoms with Gasteiger partial charge in [-0.2, -0.15) is 0 Å². The summed E-state index contributed by atoms with van der Waals surface area (Å²) in [5, 5.41) is 0.619. The summed E-state index contributed by atoms with van der Waals surface area (Å²) < 4.78 is 5.40. The van der Waals surface area contributed by atoms with E-state index in [1.165, 1.54) is 4.90 Å². The summed E-state index contributed by atoms with van der Waals surface area (Å²) >= 11 is 0. The molecular weight excluding hydrogens is 480 g/mol. The van der Waals surface area contributed by atoms with E-state index < -0.39 is 11.4 Å². The first-order chi connectivity index (χ1) is 18.1. The monoisotopic (exact) mass is 510 g/mol. The summed E-state index contributed by atoms with van der Waals surface area (Å²) in [7, 11) is 0. The highest BCUT2D eigenvalue weighted by Gasteiger charge is 2.61. The summed E-state index contributed by atoms with van der Waals surface area (Å²) in [5.74, 6) is -0.720. The van der Waals surface area contributed by atoms with Crippen LogP contribution >= 0.6 is 0 Å². The average Bonchev–Trinajstić information content (AvgIpc) is 3.59. The number of Topliss-reactive ketones (excluding diaryl/α,β-unsaturated/α-hetero) is 1. The Kier molecular flexibility index (Phi) is 5.70. The standard InChI is InChI=1S/C31H30N2O5/c1-31(2,3)25(34)16-38-30(37)22-15-24(32-23-10-5-4-9-21(22)23)17-7-6-8-20(14-17)33-28(35)26-18-11-12-19(13-18)27(26)29(33)36/h4-10,14-15,18-19,26-27H,11-13,16H2,1-3H3/t18-,19+,26-,27+. The number of hydrogen-bond donors (Lipinski definition) is 0. The van der Waals surface area contributed by atoms with Gasteiger partial charge in [0.1, 0.15) is 0 Å². The minimum atomic E-state index is -0.616. The van der Waals surface area contributed by atoms with Gasteiger partial charge in [-0.1, -0.05) is 51.1 Å². The Hall–Kier alpha value is -3.87. The van der Waals surface area contributed by atoms with Gasteiger partial charge in [-0.25, -0.2) is 9.78 Å². The van der Waals surface area contributed by atoms with Gasteiger partial charge >= 0.3 is 5.97 Å². The van der Waals surface area contributed by atoms with Gasteiger partial charge in [-0.15, -0.1) is 0 Å². The molecule has 2 heterocycles. The van der Waals surface area contributed by atoms with E-state index in [1.807, 2.05) is 24.3 Å². The van der Waals surface area contributed by atoms with E-state index in [0.29, 0.717) is 45.2 Å². The van der Waals surface area contributed by atoms with Crippen molar-refractivity contribution in [1.82, 2.24) is 4.98 Å². The summed E-state index contributed by atoms with van der Waals surface area (Å²) in [4.78, 5) is 58.3. The number of aromatic nitrogens is 1. The van der Waals surface area contributed by atoms with Gasteiger partial charge in [-0.05, 0) is 55.4 Å². The number of imide groups is 1. The zero-order chi connectivity index (χ0) is 26.8. The fraction of sp³-hybridized carbons (Fsp3) is 0.387. The average molecular weight is 511 g/mol. The van der Waals surface area contributed by atoms with Crippen LogP contribution in [-0.4, -0.2) is 35.2 Å². The molecule has 2 amide bonds. The normalized spacial score (nSPS) is 24.2. The predicted molar refractivity (Wildman–Crippen MR) is 142 cm³/mol. The van der Waals surface area contributed by atoms with Crippen molar-refractivity contribution in [3.05, 3.63) is 60.2 Å². The topological polar surface area (TPSA) is 93.6 Å². The summed E-state index contributed by atoms with van der Waals surface area (Å²) in [5.41, 5.74) is 2.00. The maximum atomic E-state index is 13.4. The SMILES string of the molecule is CC(C)(C)C(=O)COC(=O)c1cc(-c2cccc(N3C(=O)[C@@H]4[C@@H]5CC[C@@H](C5)[C@@H]4C3=O)c2)nc2ccccc12. The van der Waals surface area contributed by atoms with Crippen molar-refractivity contribution in [1.29, 1.82) is 0 Å². The molecule has 2 aromatic carbocycles. The number of pyridine rings is 1. The first kappa shape index (κ1) is 24.5. The molecule has 2 aliphatic carbocycles. The second kappa shape index (κ2) is 8.86. The molecule has 0 radical (unpaired) electrons. The first-order valence-electron chi connectivity index (χ1n) is 13.2. The molecular formula is C31H30N2O5. The molecule has 3 fully saturated rings. The maximum Gasteiger partial charge on any atom is 0.339 e. The molecule has 6 rings (SSSR count). The number of carbonyl (C=O) groups excluding carboxylic acids is 4. The Balaban J connectivity index is 1.34. The van der Waals surface area contributed by atoms with Crippen LogP contribution in [0, 0.1) is 29.1 Å². The van der Waals surface area contributed by atoms with Crippen LogP contribution in [0.3, 0.4) is 0 Å². The highest BCUT2D eigenvalue weighted by atomic mass is 16.5. The van der Waals surface area contributed by atoms with Crippen LogP contribution in [0.1, 0.15) is 50.4 Å². The number of rotatable bonds is 5. The van der Waals surface area contributed by atoms with E-state index in [0.717, 1.165) is 19.3 Å². The number of amides is 2. The number of hydrogen-bond acceptors (Lipinski definition) is 6. The van der Waals surface area contributed by atoms with E-state index in [1.54, 1.807) is 51.1 Å². The van der Waals surface area contributed by atoms with Crippen LogP contribution in [0.25, 0.3) is 22.2 Å². The Morgan fingerprint density at radius 2 is 1.63 bits per heavy atom. The lowest BCUT2D eigenvalue weighted by atomic mass is 9.81.